The number of rotatable bonds is 3. The highest BCUT2D eigenvalue weighted by Crippen LogP contribution is 2.30. The minimum Gasteiger partial charge on any atom is -0.209 e. The topological polar surface area (TPSA) is 43.1 Å². The molecular formula is C23H14F2N4. The Balaban J connectivity index is 1.74. The van der Waals surface area contributed by atoms with Gasteiger partial charge < -0.3 is 0 Å². The molecule has 4 nitrogen and oxygen atoms in total. The van der Waals surface area contributed by atoms with Gasteiger partial charge in [-0.05, 0) is 48.5 Å². The van der Waals surface area contributed by atoms with Gasteiger partial charge in [-0.3, -0.25) is 0 Å². The Bertz CT molecular complexity index is 1210. The van der Waals surface area contributed by atoms with Crippen molar-refractivity contribution in [1.29, 1.82) is 0 Å². The van der Waals surface area contributed by atoms with E-state index in [0.717, 1.165) is 11.3 Å². The molecule has 0 unspecified atom stereocenters. The van der Waals surface area contributed by atoms with Crippen molar-refractivity contribution in [2.45, 2.75) is 0 Å². The van der Waals surface area contributed by atoms with Crippen molar-refractivity contribution >= 4 is 5.78 Å². The zero-order valence-corrected chi connectivity index (χ0v) is 15.1. The number of hydrogen-bond acceptors (Lipinski definition) is 3. The maximum absolute atomic E-state index is 13.4. The molecule has 0 spiro atoms. The van der Waals surface area contributed by atoms with Crippen molar-refractivity contribution in [2.75, 3.05) is 0 Å². The van der Waals surface area contributed by atoms with E-state index in [9.17, 15) is 8.78 Å². The second-order valence-electron chi connectivity index (χ2n) is 6.56. The zero-order chi connectivity index (χ0) is 19.8. The molecule has 0 N–H and O–H groups in total. The van der Waals surface area contributed by atoms with E-state index in [1.165, 1.54) is 24.3 Å². The average molecular weight is 384 g/mol. The third-order valence-corrected chi connectivity index (χ3v) is 4.62. The summed E-state index contributed by atoms with van der Waals surface area (Å²) in [7, 11) is 0. The molecule has 6 heteroatoms. The third-order valence-electron chi connectivity index (χ3n) is 4.62. The summed E-state index contributed by atoms with van der Waals surface area (Å²) in [5.74, 6) is -0.243. The van der Waals surface area contributed by atoms with Crippen LogP contribution in [0.25, 0.3) is 39.5 Å². The summed E-state index contributed by atoms with van der Waals surface area (Å²) in [6.07, 6.45) is 1.80. The van der Waals surface area contributed by atoms with Crippen molar-refractivity contribution in [3.8, 4) is 33.8 Å². The number of hydrogen-bond donors (Lipinski definition) is 0. The lowest BCUT2D eigenvalue weighted by Crippen LogP contribution is -2.01. The van der Waals surface area contributed by atoms with Crippen molar-refractivity contribution in [1.82, 2.24) is 19.6 Å². The van der Waals surface area contributed by atoms with Gasteiger partial charge in [0, 0.05) is 16.7 Å². The lowest BCUT2D eigenvalue weighted by atomic mass is 10.0. The predicted octanol–water partition coefficient (Wildman–Crippen LogP) is 5.40. The molecule has 0 fully saturated rings. The molecule has 0 radical (unpaired) electrons. The lowest BCUT2D eigenvalue weighted by molar-refractivity contribution is 0.627. The molecule has 0 aliphatic heterocycles. The van der Waals surface area contributed by atoms with Crippen molar-refractivity contribution < 1.29 is 8.78 Å². The average Bonchev–Trinajstić information content (AvgIpc) is 3.18. The number of benzene rings is 3. The van der Waals surface area contributed by atoms with E-state index in [1.54, 1.807) is 35.0 Å². The first kappa shape index (κ1) is 17.2. The molecular weight excluding hydrogens is 370 g/mol. The summed E-state index contributed by atoms with van der Waals surface area (Å²) < 4.78 is 28.4. The Morgan fingerprint density at radius 1 is 0.586 bits per heavy atom. The summed E-state index contributed by atoms with van der Waals surface area (Å²) in [6.45, 7) is 0. The van der Waals surface area contributed by atoms with E-state index in [-0.39, 0.29) is 11.6 Å². The highest BCUT2D eigenvalue weighted by atomic mass is 19.1. The Kier molecular flexibility index (Phi) is 4.09. The molecule has 0 saturated carbocycles. The largest absolute Gasteiger partial charge is 0.251 e. The van der Waals surface area contributed by atoms with Gasteiger partial charge in [0.1, 0.15) is 23.0 Å². The molecule has 0 bridgehead atoms. The highest BCUT2D eigenvalue weighted by Gasteiger charge is 2.16. The van der Waals surface area contributed by atoms with Gasteiger partial charge in [-0.1, -0.05) is 30.3 Å². The van der Waals surface area contributed by atoms with Gasteiger partial charge >= 0.3 is 0 Å². The minimum absolute atomic E-state index is 0.333. The first-order valence-corrected chi connectivity index (χ1v) is 9.02. The van der Waals surface area contributed by atoms with Crippen LogP contribution in [0.5, 0.6) is 0 Å². The number of nitrogens with zero attached hydrogens (tertiary/aromatic N) is 4. The normalized spacial score (nSPS) is 11.1. The van der Waals surface area contributed by atoms with E-state index < -0.39 is 0 Å². The molecule has 2 heterocycles. The maximum atomic E-state index is 13.4. The van der Waals surface area contributed by atoms with E-state index >= 15 is 0 Å². The standard InChI is InChI=1S/C23H14F2N4/c24-18-10-6-16(7-11-18)21-22(17-8-12-19(25)13-9-17)28-29-14-20(26-23(29)27-21)15-4-2-1-3-5-15/h1-14H. The fraction of sp³-hybridized carbons (Fsp3) is 0. The maximum Gasteiger partial charge on any atom is 0.251 e. The number of fused-ring (bicyclic) bond motifs is 1. The smallest absolute Gasteiger partial charge is 0.209 e. The van der Waals surface area contributed by atoms with E-state index in [1.807, 2.05) is 30.3 Å². The Morgan fingerprint density at radius 2 is 1.17 bits per heavy atom. The lowest BCUT2D eigenvalue weighted by Gasteiger charge is -2.09. The van der Waals surface area contributed by atoms with Crippen LogP contribution in [0.4, 0.5) is 8.78 Å². The van der Waals surface area contributed by atoms with Gasteiger partial charge in [0.25, 0.3) is 5.78 Å². The molecule has 3 aromatic carbocycles. The molecule has 2 aromatic heterocycles. The van der Waals surface area contributed by atoms with Gasteiger partial charge in [0.15, 0.2) is 0 Å². The molecule has 0 saturated heterocycles. The summed E-state index contributed by atoms with van der Waals surface area (Å²) in [5.41, 5.74) is 4.20. The van der Waals surface area contributed by atoms with E-state index in [4.69, 9.17) is 10.1 Å². The number of aromatic nitrogens is 4. The number of imidazole rings is 1. The predicted molar refractivity (Wildman–Crippen MR) is 107 cm³/mol. The van der Waals surface area contributed by atoms with E-state index in [0.29, 0.717) is 28.3 Å². The second kappa shape index (κ2) is 6.91. The van der Waals surface area contributed by atoms with Gasteiger partial charge in [-0.2, -0.15) is 5.10 Å². The fourth-order valence-electron chi connectivity index (χ4n) is 3.18. The summed E-state index contributed by atoms with van der Waals surface area (Å²) in [5, 5.41) is 4.70. The van der Waals surface area contributed by atoms with E-state index in [2.05, 4.69) is 4.98 Å². The van der Waals surface area contributed by atoms with Gasteiger partial charge in [-0.25, -0.2) is 23.3 Å². The van der Waals surface area contributed by atoms with Crippen LogP contribution >= 0.6 is 0 Å². The van der Waals surface area contributed by atoms with Crippen LogP contribution in [0.2, 0.25) is 0 Å². The quantitative estimate of drug-likeness (QED) is 0.418. The van der Waals surface area contributed by atoms with Crippen molar-refractivity contribution in [3.63, 3.8) is 0 Å². The van der Waals surface area contributed by atoms with Crippen molar-refractivity contribution in [2.24, 2.45) is 0 Å². The molecule has 5 rings (SSSR count). The zero-order valence-electron chi connectivity index (χ0n) is 15.1. The van der Waals surface area contributed by atoms with Gasteiger partial charge in [0.2, 0.25) is 0 Å². The van der Waals surface area contributed by atoms with Crippen molar-refractivity contribution in [3.05, 3.63) is 96.7 Å². The minimum atomic E-state index is -0.335. The molecule has 0 amide bonds. The second-order valence-corrected chi connectivity index (χ2v) is 6.56. The SMILES string of the molecule is Fc1ccc(-c2nc3nc(-c4ccccc4)cn3nc2-c2ccc(F)cc2)cc1. The van der Waals surface area contributed by atoms with Crippen LogP contribution in [-0.4, -0.2) is 19.6 Å². The van der Waals surface area contributed by atoms with Crippen LogP contribution in [0.15, 0.2) is 85.1 Å². The molecule has 29 heavy (non-hydrogen) atoms. The third kappa shape index (κ3) is 3.25. The molecule has 0 aliphatic rings. The van der Waals surface area contributed by atoms with Crippen LogP contribution in [-0.2, 0) is 0 Å². The first-order chi connectivity index (χ1) is 14.2. The number of halogens is 2. The molecule has 0 atom stereocenters. The first-order valence-electron chi connectivity index (χ1n) is 9.02. The van der Waals surface area contributed by atoms with Crippen LogP contribution in [0, 0.1) is 11.6 Å². The summed E-state index contributed by atoms with van der Waals surface area (Å²) >= 11 is 0. The summed E-state index contributed by atoms with van der Waals surface area (Å²) in [6, 6.07) is 21.8. The molecule has 0 aliphatic carbocycles. The Morgan fingerprint density at radius 3 is 1.79 bits per heavy atom. The summed E-state index contributed by atoms with van der Waals surface area (Å²) in [4.78, 5) is 9.28. The Hall–Kier alpha value is -3.93. The fourth-order valence-corrected chi connectivity index (χ4v) is 3.18. The van der Waals surface area contributed by atoms with Crippen LogP contribution in [0.1, 0.15) is 0 Å². The van der Waals surface area contributed by atoms with Gasteiger partial charge in [-0.15, -0.1) is 0 Å². The monoisotopic (exact) mass is 384 g/mol. The molecule has 140 valence electrons. The van der Waals surface area contributed by atoms with Crippen LogP contribution < -0.4 is 0 Å². The highest BCUT2D eigenvalue weighted by molar-refractivity contribution is 5.78. The van der Waals surface area contributed by atoms with Crippen LogP contribution in [0.3, 0.4) is 0 Å². The van der Waals surface area contributed by atoms with Gasteiger partial charge in [0.05, 0.1) is 11.9 Å². The Labute approximate surface area is 165 Å². The molecule has 5 aromatic rings.